The van der Waals surface area contributed by atoms with E-state index < -0.39 is 13.9 Å². The van der Waals surface area contributed by atoms with Crippen LogP contribution in [0.1, 0.15) is 104 Å². The lowest BCUT2D eigenvalue weighted by Crippen LogP contribution is -2.38. The van der Waals surface area contributed by atoms with E-state index in [-0.39, 0.29) is 32.3 Å². The van der Waals surface area contributed by atoms with Gasteiger partial charge in [0.15, 0.2) is 0 Å². The molecule has 38 heavy (non-hydrogen) atoms. The number of nitrogens with zero attached hydrogens (tertiary/aromatic N) is 1. The highest BCUT2D eigenvalue weighted by atomic mass is 31.2. The molecule has 2 N–H and O–H groups in total. The van der Waals surface area contributed by atoms with E-state index in [0.29, 0.717) is 24.2 Å². The van der Waals surface area contributed by atoms with Crippen molar-refractivity contribution in [2.45, 2.75) is 110 Å². The fraction of sp³-hybridized carbons (Fsp3) is 0.964. The molecule has 10 heteroatoms. The summed E-state index contributed by atoms with van der Waals surface area (Å²) in [6, 6.07) is 0. The van der Waals surface area contributed by atoms with Crippen molar-refractivity contribution in [1.29, 1.82) is 0 Å². The minimum atomic E-state index is -4.25. The van der Waals surface area contributed by atoms with Crippen molar-refractivity contribution >= 4 is 13.8 Å². The lowest BCUT2D eigenvalue weighted by Gasteiger charge is -2.25. The predicted octanol–water partition coefficient (Wildman–Crippen LogP) is 5.85. The maximum Gasteiger partial charge on any atom is 0.472 e. The Kier molecular flexibility index (Phi) is 23.9. The van der Waals surface area contributed by atoms with Gasteiger partial charge in [0, 0.05) is 13.2 Å². The first-order chi connectivity index (χ1) is 18.1. The molecule has 0 aliphatic carbocycles. The molecule has 0 aliphatic rings. The first kappa shape index (κ1) is 37.5. The topological polar surface area (TPSA) is 103 Å². The fourth-order valence-electron chi connectivity index (χ4n) is 3.94. The average molecular weight is 568 g/mol. The molecular formula is C28H60N2O7P+. The van der Waals surface area contributed by atoms with Gasteiger partial charge in [0.25, 0.3) is 0 Å². The van der Waals surface area contributed by atoms with Crippen LogP contribution in [0.5, 0.6) is 0 Å². The number of likely N-dealkylation sites (N-methyl/N-ethyl adjacent to an activating group) is 1. The summed E-state index contributed by atoms with van der Waals surface area (Å²) in [5, 5.41) is 2.91. The Balaban J connectivity index is 4.06. The molecule has 0 bridgehead atoms. The van der Waals surface area contributed by atoms with Crippen molar-refractivity contribution in [1.82, 2.24) is 5.32 Å². The maximum atomic E-state index is 12.4. The summed E-state index contributed by atoms with van der Waals surface area (Å²) in [5.74, 6) is -0.388. The summed E-state index contributed by atoms with van der Waals surface area (Å²) < 4.78 is 34.1. The summed E-state index contributed by atoms with van der Waals surface area (Å²) >= 11 is 0. The van der Waals surface area contributed by atoms with Crippen molar-refractivity contribution < 1.29 is 37.3 Å². The number of hydrogen-bond acceptors (Lipinski definition) is 7. The number of unbranched alkanes of at least 4 members (excludes halogenated alkanes) is 13. The Hall–Kier alpha value is -0.540. The van der Waals surface area contributed by atoms with E-state index in [1.807, 2.05) is 21.1 Å². The minimum absolute atomic E-state index is 0.00918. The summed E-state index contributed by atoms with van der Waals surface area (Å²) in [5.41, 5.74) is 0. The van der Waals surface area contributed by atoms with Crippen molar-refractivity contribution in [2.24, 2.45) is 0 Å². The van der Waals surface area contributed by atoms with Crippen molar-refractivity contribution in [3.63, 3.8) is 0 Å². The van der Waals surface area contributed by atoms with E-state index >= 15 is 0 Å². The number of phosphoric ester groups is 1. The molecule has 0 heterocycles. The minimum Gasteiger partial charge on any atom is -0.465 e. The van der Waals surface area contributed by atoms with Crippen LogP contribution in [0.25, 0.3) is 0 Å². The van der Waals surface area contributed by atoms with Gasteiger partial charge in [-0.3, -0.25) is 13.8 Å². The predicted molar refractivity (Wildman–Crippen MR) is 154 cm³/mol. The highest BCUT2D eigenvalue weighted by molar-refractivity contribution is 7.47. The number of esters is 1. The van der Waals surface area contributed by atoms with Crippen molar-refractivity contribution in [3.8, 4) is 0 Å². The average Bonchev–Trinajstić information content (AvgIpc) is 2.82. The molecule has 0 radical (unpaired) electrons. The fourth-order valence-corrected chi connectivity index (χ4v) is 4.82. The van der Waals surface area contributed by atoms with E-state index in [1.165, 1.54) is 77.0 Å². The van der Waals surface area contributed by atoms with Crippen molar-refractivity contribution in [2.75, 3.05) is 67.2 Å². The summed E-state index contributed by atoms with van der Waals surface area (Å²) in [4.78, 5) is 21.7. The Morgan fingerprint density at radius 3 is 1.87 bits per heavy atom. The lowest BCUT2D eigenvalue weighted by molar-refractivity contribution is -0.870. The molecule has 2 atom stereocenters. The van der Waals surface area contributed by atoms with Crippen LogP contribution >= 0.6 is 7.82 Å². The van der Waals surface area contributed by atoms with E-state index in [2.05, 4.69) is 12.2 Å². The molecule has 0 fully saturated rings. The van der Waals surface area contributed by atoms with E-state index in [1.54, 1.807) is 6.92 Å². The zero-order valence-electron chi connectivity index (χ0n) is 25.2. The quantitative estimate of drug-likeness (QED) is 0.0526. The molecule has 0 aromatic heterocycles. The molecule has 0 rings (SSSR count). The molecular weight excluding hydrogens is 507 g/mol. The third-order valence-corrected chi connectivity index (χ3v) is 7.26. The number of rotatable bonds is 28. The van der Waals surface area contributed by atoms with Gasteiger partial charge in [-0.15, -0.1) is 0 Å². The van der Waals surface area contributed by atoms with Crippen LogP contribution in [0.15, 0.2) is 0 Å². The standard InChI is InChI=1S/C28H59N2O7P/c1-6-8-9-10-11-12-13-14-15-16-17-18-19-20-22-34-26-27(24-29-25-28(31)35-7-2)37-38(32,33)36-23-21-30(3,4)5/h27,29H,6-26H2,1-5H3/p+1. The summed E-state index contributed by atoms with van der Waals surface area (Å²) in [6.45, 7) is 5.82. The molecule has 0 saturated heterocycles. The van der Waals surface area contributed by atoms with Crippen LogP contribution in [0, 0.1) is 0 Å². The molecule has 9 nitrogen and oxygen atoms in total. The SMILES string of the molecule is CCCCCCCCCCCCCCCCOCC(CNCC(=O)OCC)OP(=O)(O)OCC[N+](C)(C)C. The van der Waals surface area contributed by atoms with Crippen LogP contribution in [0.4, 0.5) is 0 Å². The third-order valence-electron chi connectivity index (χ3n) is 6.19. The summed E-state index contributed by atoms with van der Waals surface area (Å²) in [7, 11) is 1.67. The van der Waals surface area contributed by atoms with Gasteiger partial charge in [-0.1, -0.05) is 90.4 Å². The second-order valence-corrected chi connectivity index (χ2v) is 12.6. The number of hydrogen-bond donors (Lipinski definition) is 2. The first-order valence-corrected chi connectivity index (χ1v) is 16.5. The zero-order valence-corrected chi connectivity index (χ0v) is 26.1. The van der Waals surface area contributed by atoms with Crippen LogP contribution < -0.4 is 5.32 Å². The van der Waals surface area contributed by atoms with E-state index in [0.717, 1.165) is 12.8 Å². The van der Waals surface area contributed by atoms with Crippen LogP contribution in [-0.2, 0) is 27.9 Å². The largest absolute Gasteiger partial charge is 0.472 e. The van der Waals surface area contributed by atoms with Gasteiger partial charge in [-0.05, 0) is 13.3 Å². The maximum absolute atomic E-state index is 12.4. The zero-order chi connectivity index (χ0) is 28.5. The molecule has 0 spiro atoms. The number of phosphoric acid groups is 1. The number of carbonyl (C=O) groups is 1. The highest BCUT2D eigenvalue weighted by Crippen LogP contribution is 2.44. The molecule has 0 aromatic carbocycles. The molecule has 228 valence electrons. The first-order valence-electron chi connectivity index (χ1n) is 15.0. The Labute approximate surface area is 233 Å². The number of quaternary nitrogens is 1. The van der Waals surface area contributed by atoms with Gasteiger partial charge in [0.2, 0.25) is 0 Å². The molecule has 0 aromatic rings. The monoisotopic (exact) mass is 567 g/mol. The second-order valence-electron chi connectivity index (χ2n) is 11.2. The number of nitrogens with one attached hydrogen (secondary N) is 1. The van der Waals surface area contributed by atoms with Gasteiger partial charge >= 0.3 is 13.8 Å². The van der Waals surface area contributed by atoms with Gasteiger partial charge in [-0.25, -0.2) is 4.57 Å². The molecule has 2 unspecified atom stereocenters. The summed E-state index contributed by atoms with van der Waals surface area (Å²) in [6.07, 6.45) is 17.4. The molecule has 0 saturated carbocycles. The van der Waals surface area contributed by atoms with Gasteiger partial charge in [0.05, 0.1) is 40.9 Å². The highest BCUT2D eigenvalue weighted by Gasteiger charge is 2.28. The lowest BCUT2D eigenvalue weighted by atomic mass is 10.0. The second kappa shape index (κ2) is 24.3. The van der Waals surface area contributed by atoms with E-state index in [4.69, 9.17) is 18.5 Å². The van der Waals surface area contributed by atoms with Gasteiger partial charge in [-0.2, -0.15) is 0 Å². The third kappa shape index (κ3) is 27.0. The van der Waals surface area contributed by atoms with Gasteiger partial charge in [0.1, 0.15) is 19.3 Å². The molecule has 0 amide bonds. The smallest absolute Gasteiger partial charge is 0.465 e. The van der Waals surface area contributed by atoms with Crippen molar-refractivity contribution in [3.05, 3.63) is 0 Å². The number of carbonyl (C=O) groups excluding carboxylic acids is 1. The van der Waals surface area contributed by atoms with Crippen LogP contribution in [0.2, 0.25) is 0 Å². The molecule has 0 aliphatic heterocycles. The van der Waals surface area contributed by atoms with Crippen LogP contribution in [-0.4, -0.2) is 88.7 Å². The Morgan fingerprint density at radius 1 is 0.842 bits per heavy atom. The Bertz CT molecular complexity index is 602. The van der Waals surface area contributed by atoms with Gasteiger partial charge < -0.3 is 24.2 Å². The van der Waals surface area contributed by atoms with E-state index in [9.17, 15) is 14.3 Å². The normalized spacial score (nSPS) is 14.4. The number of ether oxygens (including phenoxy) is 2. The Morgan fingerprint density at radius 2 is 1.37 bits per heavy atom. The van der Waals surface area contributed by atoms with Crippen LogP contribution in [0.3, 0.4) is 0 Å².